The summed E-state index contributed by atoms with van der Waals surface area (Å²) < 4.78 is 49.5. The maximum Gasteiger partial charge on any atom is 0.338 e. The minimum atomic E-state index is -0.894. The second kappa shape index (κ2) is 42.9. The molecule has 0 aromatic heterocycles. The highest BCUT2D eigenvalue weighted by molar-refractivity contribution is 6.16. The lowest BCUT2D eigenvalue weighted by molar-refractivity contribution is -0.167. The van der Waals surface area contributed by atoms with E-state index in [1.807, 2.05) is 36.4 Å². The van der Waals surface area contributed by atoms with Crippen molar-refractivity contribution in [2.75, 3.05) is 52.9 Å². The Kier molecular flexibility index (Phi) is 36.2. The van der Waals surface area contributed by atoms with E-state index in [-0.39, 0.29) is 44.4 Å². The molecule has 0 radical (unpaired) electrons. The van der Waals surface area contributed by atoms with Gasteiger partial charge in [0, 0.05) is 19.3 Å². The van der Waals surface area contributed by atoms with Crippen molar-refractivity contribution in [3.05, 3.63) is 109 Å². The second-order valence-corrected chi connectivity index (χ2v) is 19.9. The van der Waals surface area contributed by atoms with Crippen molar-refractivity contribution in [1.82, 2.24) is 0 Å². The first-order valence-corrected chi connectivity index (χ1v) is 29.6. The number of hydrogen-bond donors (Lipinski definition) is 0. The normalized spacial score (nSPS) is 10.8. The van der Waals surface area contributed by atoms with Crippen LogP contribution in [0.4, 0.5) is 0 Å². The Morgan fingerprint density at radius 1 is 0.333 bits per heavy atom. The fourth-order valence-corrected chi connectivity index (χ4v) is 8.48. The van der Waals surface area contributed by atoms with Crippen molar-refractivity contribution in [3.63, 3.8) is 0 Å². The molecule has 15 nitrogen and oxygen atoms in total. The highest BCUT2D eigenvalue weighted by atomic mass is 16.6. The summed E-state index contributed by atoms with van der Waals surface area (Å²) in [6.45, 7) is 19.0. The van der Waals surface area contributed by atoms with Crippen LogP contribution >= 0.6 is 0 Å². The summed E-state index contributed by atoms with van der Waals surface area (Å²) in [6.07, 6.45) is 19.5. The Bertz CT molecular complexity index is 2210. The van der Waals surface area contributed by atoms with E-state index in [4.69, 9.17) is 42.6 Å². The van der Waals surface area contributed by atoms with Gasteiger partial charge in [0.05, 0.1) is 56.4 Å². The molecule has 0 aliphatic heterocycles. The quantitative estimate of drug-likeness (QED) is 0.0225. The Labute approximate surface area is 482 Å². The molecule has 0 N–H and O–H groups in total. The maximum absolute atomic E-state index is 13.0. The first kappa shape index (κ1) is 68.4. The van der Waals surface area contributed by atoms with E-state index < -0.39 is 30.0 Å². The molecule has 0 fully saturated rings. The number of unbranched alkanes of at least 4 members (excludes halogenated alkanes) is 18. The Hall–Kier alpha value is -6.90. The van der Waals surface area contributed by atoms with Crippen LogP contribution in [0.1, 0.15) is 192 Å². The van der Waals surface area contributed by atoms with Crippen molar-refractivity contribution in [2.45, 2.75) is 181 Å². The molecule has 3 aromatic rings. The van der Waals surface area contributed by atoms with Crippen molar-refractivity contribution < 1.29 is 71.4 Å². The van der Waals surface area contributed by atoms with Gasteiger partial charge in [-0.15, -0.1) is 0 Å². The first-order valence-electron chi connectivity index (χ1n) is 29.6. The predicted octanol–water partition coefficient (Wildman–Crippen LogP) is 14.3. The number of hydrogen-bond acceptors (Lipinski definition) is 15. The zero-order chi connectivity index (χ0) is 58.7. The van der Waals surface area contributed by atoms with E-state index in [0.717, 1.165) is 133 Å². The van der Waals surface area contributed by atoms with Crippen LogP contribution in [0.15, 0.2) is 92.5 Å². The van der Waals surface area contributed by atoms with E-state index in [0.29, 0.717) is 92.3 Å². The van der Waals surface area contributed by atoms with Gasteiger partial charge in [-0.05, 0) is 112 Å². The molecule has 81 heavy (non-hydrogen) atoms. The molecule has 15 heteroatoms. The average Bonchev–Trinajstić information content (AvgIpc) is 3.47. The van der Waals surface area contributed by atoms with Crippen LogP contribution in [0.3, 0.4) is 0 Å². The summed E-state index contributed by atoms with van der Waals surface area (Å²) in [7, 11) is 0. The largest absolute Gasteiger partial charge is 0.494 e. The predicted molar refractivity (Wildman–Crippen MR) is 315 cm³/mol. The number of carbonyl (C=O) groups is 6. The van der Waals surface area contributed by atoms with E-state index in [9.17, 15) is 28.8 Å². The SMILES string of the molecule is C=C(C(=O)OCC)c1ccc(OCCCCCCCCCC(=O)OCC(COC(=O)CCCCCCCCCOc2ccc(C(=C)C(=O)OCC)cc2)OC(=O)CCCCCCCCCOc2ccc(C(=C)C(=O)OCC)cc2)cc1. The third-order valence-corrected chi connectivity index (χ3v) is 13.2. The highest BCUT2D eigenvalue weighted by Crippen LogP contribution is 2.23. The van der Waals surface area contributed by atoms with Gasteiger partial charge in [-0.2, -0.15) is 0 Å². The molecule has 3 aromatic carbocycles. The number of carbonyl (C=O) groups excluding carboxylic acids is 6. The van der Waals surface area contributed by atoms with Crippen molar-refractivity contribution in [1.29, 1.82) is 0 Å². The zero-order valence-electron chi connectivity index (χ0n) is 48.9. The molecular formula is C66H92O15. The highest BCUT2D eigenvalue weighted by Gasteiger charge is 2.20. The first-order chi connectivity index (χ1) is 39.3. The number of rotatable bonds is 47. The topological polar surface area (TPSA) is 185 Å². The van der Waals surface area contributed by atoms with Gasteiger partial charge in [0.2, 0.25) is 0 Å². The van der Waals surface area contributed by atoms with Crippen LogP contribution in [0, 0.1) is 0 Å². The van der Waals surface area contributed by atoms with Crippen LogP contribution in [-0.2, 0) is 57.2 Å². The molecule has 0 atom stereocenters. The molecule has 0 aliphatic rings. The third-order valence-electron chi connectivity index (χ3n) is 13.2. The van der Waals surface area contributed by atoms with Crippen LogP contribution < -0.4 is 14.2 Å². The minimum absolute atomic E-state index is 0.183. The molecule has 0 spiro atoms. The molecule has 446 valence electrons. The maximum atomic E-state index is 13.0. The molecule has 0 amide bonds. The standard InChI is InChI=1S/C66H92O15/c1-7-73-64(70)51(4)54-34-40-57(41-35-54)76-46-28-22-16-10-13-19-25-31-61(67)79-49-60(81-63(69)33-27-21-15-12-18-24-30-48-78-59-44-38-56(39-45-59)53(6)66(72)75-9-3)50-80-62(68)32-26-20-14-11-17-23-29-47-77-58-42-36-55(37-43-58)52(5)65(71)74-8-2/h34-45,60H,4-33,46-50H2,1-3H3. The summed E-state index contributed by atoms with van der Waals surface area (Å²) >= 11 is 0. The number of esters is 6. The van der Waals surface area contributed by atoms with Crippen molar-refractivity contribution >= 4 is 52.5 Å². The van der Waals surface area contributed by atoms with Crippen molar-refractivity contribution in [3.8, 4) is 17.2 Å². The van der Waals surface area contributed by atoms with E-state index >= 15 is 0 Å². The van der Waals surface area contributed by atoms with Crippen LogP contribution in [0.5, 0.6) is 17.2 Å². The molecular weight excluding hydrogens is 1030 g/mol. The van der Waals surface area contributed by atoms with Gasteiger partial charge in [0.15, 0.2) is 6.10 Å². The van der Waals surface area contributed by atoms with Gasteiger partial charge in [0.1, 0.15) is 30.5 Å². The monoisotopic (exact) mass is 1120 g/mol. The van der Waals surface area contributed by atoms with Crippen LogP contribution in [0.2, 0.25) is 0 Å². The summed E-state index contributed by atoms with van der Waals surface area (Å²) in [5, 5.41) is 0. The summed E-state index contributed by atoms with van der Waals surface area (Å²) in [5.41, 5.74) is 3.04. The fraction of sp³-hybridized carbons (Fsp3) is 0.545. The van der Waals surface area contributed by atoms with E-state index in [1.54, 1.807) is 57.2 Å². The summed E-state index contributed by atoms with van der Waals surface area (Å²) in [5.74, 6) is -0.265. The molecule has 0 saturated heterocycles. The van der Waals surface area contributed by atoms with Crippen LogP contribution in [-0.4, -0.2) is 94.8 Å². The Morgan fingerprint density at radius 3 is 0.852 bits per heavy atom. The lowest BCUT2D eigenvalue weighted by Gasteiger charge is -2.18. The average molecular weight is 1130 g/mol. The van der Waals surface area contributed by atoms with Gasteiger partial charge < -0.3 is 42.6 Å². The molecule has 0 heterocycles. The lowest BCUT2D eigenvalue weighted by Crippen LogP contribution is -2.30. The summed E-state index contributed by atoms with van der Waals surface area (Å²) in [4.78, 5) is 74.3. The van der Waals surface area contributed by atoms with Gasteiger partial charge in [0.25, 0.3) is 0 Å². The molecule has 3 rings (SSSR count). The second-order valence-electron chi connectivity index (χ2n) is 19.9. The Morgan fingerprint density at radius 2 is 0.580 bits per heavy atom. The number of ether oxygens (including phenoxy) is 9. The van der Waals surface area contributed by atoms with Gasteiger partial charge in [-0.25, -0.2) is 14.4 Å². The molecule has 0 saturated carbocycles. The molecule has 0 aliphatic carbocycles. The lowest BCUT2D eigenvalue weighted by atomic mass is 10.1. The fourth-order valence-electron chi connectivity index (χ4n) is 8.48. The zero-order valence-corrected chi connectivity index (χ0v) is 48.9. The van der Waals surface area contributed by atoms with Gasteiger partial charge in [-0.3, -0.25) is 14.4 Å². The Balaban J connectivity index is 1.29. The minimum Gasteiger partial charge on any atom is -0.494 e. The molecule has 0 bridgehead atoms. The third kappa shape index (κ3) is 31.0. The van der Waals surface area contributed by atoms with Crippen LogP contribution in [0.25, 0.3) is 16.7 Å². The number of benzene rings is 3. The molecule has 0 unspecified atom stereocenters. The van der Waals surface area contributed by atoms with Crippen molar-refractivity contribution in [2.24, 2.45) is 0 Å². The van der Waals surface area contributed by atoms with E-state index in [1.165, 1.54) is 0 Å². The smallest absolute Gasteiger partial charge is 0.338 e. The summed E-state index contributed by atoms with van der Waals surface area (Å²) in [6, 6.07) is 21.8. The van der Waals surface area contributed by atoms with E-state index in [2.05, 4.69) is 19.7 Å². The van der Waals surface area contributed by atoms with Gasteiger partial charge >= 0.3 is 35.8 Å². The van der Waals surface area contributed by atoms with Gasteiger partial charge in [-0.1, -0.05) is 152 Å².